The lowest BCUT2D eigenvalue weighted by Gasteiger charge is -2.29. The SMILES string of the molecule is CCc1ccsc1-c1nc(C(C)(N)COC2CCC2)no1. The van der Waals surface area contributed by atoms with Crippen LogP contribution in [0.3, 0.4) is 0 Å². The number of thiophene rings is 1. The Morgan fingerprint density at radius 1 is 1.52 bits per heavy atom. The smallest absolute Gasteiger partial charge is 0.268 e. The lowest BCUT2D eigenvalue weighted by molar-refractivity contribution is -0.0222. The van der Waals surface area contributed by atoms with Gasteiger partial charge >= 0.3 is 0 Å². The van der Waals surface area contributed by atoms with Crippen molar-refractivity contribution in [1.82, 2.24) is 10.1 Å². The number of aromatic nitrogens is 2. The van der Waals surface area contributed by atoms with Gasteiger partial charge in [0.25, 0.3) is 5.89 Å². The zero-order chi connectivity index (χ0) is 14.9. The molecule has 0 saturated heterocycles. The van der Waals surface area contributed by atoms with Gasteiger partial charge in [0.1, 0.15) is 5.54 Å². The first-order valence-corrected chi connectivity index (χ1v) is 8.29. The van der Waals surface area contributed by atoms with Gasteiger partial charge in [-0.2, -0.15) is 4.98 Å². The summed E-state index contributed by atoms with van der Waals surface area (Å²) in [6.07, 6.45) is 4.80. The van der Waals surface area contributed by atoms with Gasteiger partial charge in [0, 0.05) is 0 Å². The monoisotopic (exact) mass is 307 g/mol. The standard InChI is InChI=1S/C15H21N3O2S/c1-3-10-7-8-21-12(10)13-17-14(18-20-13)15(2,16)9-19-11-5-4-6-11/h7-8,11H,3-6,9,16H2,1-2H3. The fraction of sp³-hybridized carbons (Fsp3) is 0.600. The highest BCUT2D eigenvalue weighted by atomic mass is 32.1. The fourth-order valence-corrected chi connectivity index (χ4v) is 3.16. The molecular formula is C15H21N3O2S. The maximum absolute atomic E-state index is 6.30. The minimum atomic E-state index is -0.721. The molecule has 1 fully saturated rings. The van der Waals surface area contributed by atoms with Crippen LogP contribution in [0.15, 0.2) is 16.0 Å². The third kappa shape index (κ3) is 3.02. The van der Waals surface area contributed by atoms with Crippen LogP contribution in [-0.4, -0.2) is 22.9 Å². The Morgan fingerprint density at radius 2 is 2.33 bits per heavy atom. The maximum atomic E-state index is 6.30. The quantitative estimate of drug-likeness (QED) is 0.887. The number of nitrogens with two attached hydrogens (primary N) is 1. The van der Waals surface area contributed by atoms with Gasteiger partial charge in [0.2, 0.25) is 0 Å². The third-order valence-corrected chi connectivity index (χ3v) is 4.87. The summed E-state index contributed by atoms with van der Waals surface area (Å²) < 4.78 is 11.2. The van der Waals surface area contributed by atoms with Crippen LogP contribution in [0.25, 0.3) is 10.8 Å². The molecule has 0 amide bonds. The Hall–Kier alpha value is -1.24. The minimum Gasteiger partial charge on any atom is -0.376 e. The number of aryl methyl sites for hydroxylation is 1. The summed E-state index contributed by atoms with van der Waals surface area (Å²) in [5.74, 6) is 1.06. The average molecular weight is 307 g/mol. The van der Waals surface area contributed by atoms with Crippen molar-refractivity contribution in [3.63, 3.8) is 0 Å². The van der Waals surface area contributed by atoms with E-state index < -0.39 is 5.54 Å². The molecule has 0 radical (unpaired) electrons. The first-order valence-electron chi connectivity index (χ1n) is 7.41. The Bertz CT molecular complexity index is 602. The molecule has 1 atom stereocenters. The molecule has 1 aliphatic rings. The largest absolute Gasteiger partial charge is 0.376 e. The molecule has 6 heteroatoms. The van der Waals surface area contributed by atoms with E-state index in [4.69, 9.17) is 15.0 Å². The minimum absolute atomic E-state index is 0.350. The Balaban J connectivity index is 1.73. The van der Waals surface area contributed by atoms with Crippen molar-refractivity contribution < 1.29 is 9.26 Å². The number of hydrogen-bond donors (Lipinski definition) is 1. The fourth-order valence-electron chi connectivity index (χ4n) is 2.24. The number of nitrogens with zero attached hydrogens (tertiary/aromatic N) is 2. The van der Waals surface area contributed by atoms with Crippen LogP contribution in [-0.2, 0) is 16.7 Å². The van der Waals surface area contributed by atoms with Crippen molar-refractivity contribution in [3.8, 4) is 10.8 Å². The highest BCUT2D eigenvalue weighted by Crippen LogP contribution is 2.30. The van der Waals surface area contributed by atoms with Crippen LogP contribution in [0.1, 0.15) is 44.5 Å². The zero-order valence-corrected chi connectivity index (χ0v) is 13.3. The predicted molar refractivity (Wildman–Crippen MR) is 82.1 cm³/mol. The van der Waals surface area contributed by atoms with Gasteiger partial charge in [-0.1, -0.05) is 12.1 Å². The van der Waals surface area contributed by atoms with Crippen molar-refractivity contribution in [2.75, 3.05) is 6.61 Å². The molecule has 0 aromatic carbocycles. The van der Waals surface area contributed by atoms with Crippen LogP contribution < -0.4 is 5.73 Å². The molecule has 2 aromatic heterocycles. The van der Waals surface area contributed by atoms with E-state index in [1.54, 1.807) is 11.3 Å². The summed E-state index contributed by atoms with van der Waals surface area (Å²) in [5, 5.41) is 6.10. The van der Waals surface area contributed by atoms with Crippen LogP contribution in [0.5, 0.6) is 0 Å². The van der Waals surface area contributed by atoms with Crippen LogP contribution in [0.2, 0.25) is 0 Å². The molecular weight excluding hydrogens is 286 g/mol. The second-order valence-electron chi connectivity index (χ2n) is 5.83. The first kappa shape index (κ1) is 14.7. The van der Waals surface area contributed by atoms with Gasteiger partial charge in [-0.25, -0.2) is 0 Å². The van der Waals surface area contributed by atoms with Gasteiger partial charge in [0.05, 0.1) is 17.6 Å². The molecule has 0 spiro atoms. The predicted octanol–water partition coefficient (Wildman–Crippen LogP) is 3.10. The molecule has 3 rings (SSSR count). The topological polar surface area (TPSA) is 74.2 Å². The molecule has 2 aromatic rings. The lowest BCUT2D eigenvalue weighted by Crippen LogP contribution is -2.41. The number of ether oxygens (including phenoxy) is 1. The average Bonchev–Trinajstić information content (AvgIpc) is 3.05. The van der Waals surface area contributed by atoms with E-state index in [1.165, 1.54) is 12.0 Å². The van der Waals surface area contributed by atoms with Gasteiger partial charge in [-0.15, -0.1) is 11.3 Å². The molecule has 1 saturated carbocycles. The number of rotatable bonds is 6. The normalized spacial score (nSPS) is 18.4. The molecule has 0 bridgehead atoms. The third-order valence-electron chi connectivity index (χ3n) is 3.93. The van der Waals surface area contributed by atoms with Crippen LogP contribution in [0, 0.1) is 0 Å². The highest BCUT2D eigenvalue weighted by Gasteiger charge is 2.31. The molecule has 1 aliphatic carbocycles. The summed E-state index contributed by atoms with van der Waals surface area (Å²) in [4.78, 5) is 5.52. The summed E-state index contributed by atoms with van der Waals surface area (Å²) in [6.45, 7) is 4.42. The highest BCUT2D eigenvalue weighted by molar-refractivity contribution is 7.13. The molecule has 114 valence electrons. The second kappa shape index (κ2) is 5.87. The van der Waals surface area contributed by atoms with Crippen molar-refractivity contribution in [2.45, 2.75) is 51.2 Å². The Kier molecular flexibility index (Phi) is 4.10. The lowest BCUT2D eigenvalue weighted by atomic mass is 9.95. The van der Waals surface area contributed by atoms with Crippen molar-refractivity contribution >= 4 is 11.3 Å². The zero-order valence-electron chi connectivity index (χ0n) is 12.5. The summed E-state index contributed by atoms with van der Waals surface area (Å²) in [5.41, 5.74) is 6.80. The Morgan fingerprint density at radius 3 is 3.00 bits per heavy atom. The van der Waals surface area contributed by atoms with Crippen LogP contribution in [0.4, 0.5) is 0 Å². The van der Waals surface area contributed by atoms with Crippen LogP contribution >= 0.6 is 11.3 Å². The maximum Gasteiger partial charge on any atom is 0.268 e. The molecule has 2 heterocycles. The van der Waals surface area contributed by atoms with E-state index in [0.717, 1.165) is 24.1 Å². The molecule has 0 aliphatic heterocycles. The van der Waals surface area contributed by atoms with E-state index >= 15 is 0 Å². The van der Waals surface area contributed by atoms with Gasteiger partial charge < -0.3 is 15.0 Å². The van der Waals surface area contributed by atoms with Gasteiger partial charge in [0.15, 0.2) is 5.82 Å². The molecule has 21 heavy (non-hydrogen) atoms. The summed E-state index contributed by atoms with van der Waals surface area (Å²) >= 11 is 1.61. The number of hydrogen-bond acceptors (Lipinski definition) is 6. The summed E-state index contributed by atoms with van der Waals surface area (Å²) in [7, 11) is 0. The van der Waals surface area contributed by atoms with Gasteiger partial charge in [-0.3, -0.25) is 0 Å². The van der Waals surface area contributed by atoms with Crippen molar-refractivity contribution in [1.29, 1.82) is 0 Å². The Labute approximate surface area is 128 Å². The molecule has 1 unspecified atom stereocenters. The first-order chi connectivity index (χ1) is 10.1. The van der Waals surface area contributed by atoms with Crippen molar-refractivity contribution in [3.05, 3.63) is 22.8 Å². The molecule has 2 N–H and O–H groups in total. The van der Waals surface area contributed by atoms with E-state index in [9.17, 15) is 0 Å². The van der Waals surface area contributed by atoms with E-state index in [-0.39, 0.29) is 0 Å². The molecule has 5 nitrogen and oxygen atoms in total. The van der Waals surface area contributed by atoms with E-state index in [1.807, 2.05) is 12.3 Å². The van der Waals surface area contributed by atoms with E-state index in [2.05, 4.69) is 23.1 Å². The van der Waals surface area contributed by atoms with Gasteiger partial charge in [-0.05, 0) is 49.6 Å². The summed E-state index contributed by atoms with van der Waals surface area (Å²) in [6, 6.07) is 2.09. The second-order valence-corrected chi connectivity index (χ2v) is 6.75. The van der Waals surface area contributed by atoms with E-state index in [0.29, 0.717) is 24.4 Å². The van der Waals surface area contributed by atoms with Crippen molar-refractivity contribution in [2.24, 2.45) is 5.73 Å².